The molecule has 0 aliphatic heterocycles. The second-order valence-electron chi connectivity index (χ2n) is 9.50. The minimum atomic E-state index is -4.13. The average molecular weight is 566 g/mol. The highest BCUT2D eigenvalue weighted by Gasteiger charge is 2.33. The van der Waals surface area contributed by atoms with Crippen LogP contribution in [0.15, 0.2) is 89.8 Å². The lowest BCUT2D eigenvalue weighted by molar-refractivity contribution is -0.140. The number of benzene rings is 3. The van der Waals surface area contributed by atoms with Gasteiger partial charge in [0.2, 0.25) is 11.8 Å². The number of rotatable bonds is 14. The second kappa shape index (κ2) is 14.5. The molecular formula is C31H39N3O5S. The molecule has 0 radical (unpaired) electrons. The molecular weight excluding hydrogens is 526 g/mol. The maximum absolute atomic E-state index is 14.0. The van der Waals surface area contributed by atoms with E-state index < -0.39 is 28.5 Å². The molecule has 0 aliphatic rings. The highest BCUT2D eigenvalue weighted by molar-refractivity contribution is 7.92. The molecule has 9 heteroatoms. The van der Waals surface area contributed by atoms with Gasteiger partial charge in [0.1, 0.15) is 18.3 Å². The summed E-state index contributed by atoms with van der Waals surface area (Å²) in [4.78, 5) is 28.8. The molecule has 0 bridgehead atoms. The predicted octanol–water partition coefficient (Wildman–Crippen LogP) is 5.00. The molecule has 0 fully saturated rings. The van der Waals surface area contributed by atoms with Gasteiger partial charge < -0.3 is 15.0 Å². The number of nitrogens with one attached hydrogen (secondary N) is 1. The minimum absolute atomic E-state index is 0.0313. The fourth-order valence-corrected chi connectivity index (χ4v) is 5.68. The van der Waals surface area contributed by atoms with Gasteiger partial charge in [-0.2, -0.15) is 0 Å². The van der Waals surface area contributed by atoms with Crippen LogP contribution in [0.5, 0.6) is 5.75 Å². The predicted molar refractivity (Wildman–Crippen MR) is 158 cm³/mol. The van der Waals surface area contributed by atoms with E-state index in [2.05, 4.69) is 5.32 Å². The first kappa shape index (κ1) is 30.7. The van der Waals surface area contributed by atoms with E-state index in [0.717, 1.165) is 16.3 Å². The lowest BCUT2D eigenvalue weighted by Crippen LogP contribution is -2.53. The van der Waals surface area contributed by atoms with Crippen LogP contribution in [-0.2, 0) is 26.2 Å². The Kier molecular flexibility index (Phi) is 11.1. The number of carbonyl (C=O) groups excluding carboxylic acids is 2. The summed E-state index contributed by atoms with van der Waals surface area (Å²) in [5.74, 6) is -0.189. The number of nitrogens with zero attached hydrogens (tertiary/aromatic N) is 2. The zero-order chi connectivity index (χ0) is 29.1. The Balaban J connectivity index is 2.01. The molecule has 0 aliphatic carbocycles. The standard InChI is InChI=1S/C31H39N3O5S/c1-5-24(4)32-31(36)29(6-2)33(22-25-14-10-8-11-15-25)30(35)23-34(26-16-12-9-13-17-26)40(37,38)28-20-18-27(19-21-28)39-7-3/h8-21,24,29H,5-7,22-23H2,1-4H3,(H,32,36). The molecule has 2 unspecified atom stereocenters. The largest absolute Gasteiger partial charge is 0.494 e. The Bertz CT molecular complexity index is 1330. The Labute approximate surface area is 238 Å². The summed E-state index contributed by atoms with van der Waals surface area (Å²) in [6.07, 6.45) is 1.12. The molecule has 214 valence electrons. The number of hydrogen-bond donors (Lipinski definition) is 1. The van der Waals surface area contributed by atoms with E-state index in [1.165, 1.54) is 17.0 Å². The first-order valence-electron chi connectivity index (χ1n) is 13.7. The van der Waals surface area contributed by atoms with Crippen molar-refractivity contribution in [2.45, 2.75) is 64.1 Å². The summed E-state index contributed by atoms with van der Waals surface area (Å²) in [5.41, 5.74) is 1.19. The normalized spacial score (nSPS) is 12.7. The quantitative estimate of drug-likeness (QED) is 0.297. The van der Waals surface area contributed by atoms with Crippen molar-refractivity contribution in [2.75, 3.05) is 17.5 Å². The molecule has 0 saturated heterocycles. The molecule has 2 amide bonds. The summed E-state index contributed by atoms with van der Waals surface area (Å²) in [6.45, 7) is 7.73. The lowest BCUT2D eigenvalue weighted by atomic mass is 10.1. The van der Waals surface area contributed by atoms with Gasteiger partial charge in [-0.25, -0.2) is 8.42 Å². The van der Waals surface area contributed by atoms with E-state index in [1.807, 2.05) is 58.0 Å². The first-order valence-corrected chi connectivity index (χ1v) is 15.1. The summed E-state index contributed by atoms with van der Waals surface area (Å²) in [7, 11) is -4.13. The third-order valence-corrected chi connectivity index (χ3v) is 8.42. The van der Waals surface area contributed by atoms with Crippen LogP contribution in [0, 0.1) is 0 Å². The minimum Gasteiger partial charge on any atom is -0.494 e. The smallest absolute Gasteiger partial charge is 0.264 e. The van der Waals surface area contributed by atoms with Gasteiger partial charge in [0.15, 0.2) is 0 Å². The second-order valence-corrected chi connectivity index (χ2v) is 11.4. The summed E-state index contributed by atoms with van der Waals surface area (Å²) in [6, 6.07) is 23.2. The van der Waals surface area contributed by atoms with Gasteiger partial charge in [-0.3, -0.25) is 13.9 Å². The Morgan fingerprint density at radius 1 is 0.850 bits per heavy atom. The number of carbonyl (C=O) groups is 2. The molecule has 40 heavy (non-hydrogen) atoms. The monoisotopic (exact) mass is 565 g/mol. The van der Waals surface area contributed by atoms with E-state index >= 15 is 0 Å². The van der Waals surface area contributed by atoms with Crippen molar-refractivity contribution in [2.24, 2.45) is 0 Å². The Morgan fingerprint density at radius 2 is 1.45 bits per heavy atom. The molecule has 0 spiro atoms. The summed E-state index contributed by atoms with van der Waals surface area (Å²) >= 11 is 0. The van der Waals surface area contributed by atoms with Crippen molar-refractivity contribution in [3.63, 3.8) is 0 Å². The van der Waals surface area contributed by atoms with Gasteiger partial charge >= 0.3 is 0 Å². The lowest BCUT2D eigenvalue weighted by Gasteiger charge is -2.33. The highest BCUT2D eigenvalue weighted by atomic mass is 32.2. The van der Waals surface area contributed by atoms with Crippen LogP contribution in [0.4, 0.5) is 5.69 Å². The Morgan fingerprint density at radius 3 is 2.00 bits per heavy atom. The number of para-hydroxylation sites is 1. The fourth-order valence-electron chi connectivity index (χ4n) is 4.27. The van der Waals surface area contributed by atoms with Crippen LogP contribution in [0.1, 0.15) is 46.1 Å². The van der Waals surface area contributed by atoms with Crippen LogP contribution in [0.2, 0.25) is 0 Å². The van der Waals surface area contributed by atoms with Gasteiger partial charge in [0.05, 0.1) is 17.2 Å². The third-order valence-electron chi connectivity index (χ3n) is 6.63. The van der Waals surface area contributed by atoms with E-state index in [4.69, 9.17) is 4.74 Å². The molecule has 3 aromatic carbocycles. The van der Waals surface area contributed by atoms with Gasteiger partial charge in [-0.05, 0) is 68.7 Å². The molecule has 3 aromatic rings. The zero-order valence-corrected chi connectivity index (χ0v) is 24.4. The van der Waals surface area contributed by atoms with Crippen molar-refractivity contribution in [3.05, 3.63) is 90.5 Å². The maximum atomic E-state index is 14.0. The summed E-state index contributed by atoms with van der Waals surface area (Å²) in [5, 5.41) is 2.98. The fraction of sp³-hybridized carbons (Fsp3) is 0.355. The van der Waals surface area contributed by atoms with Gasteiger partial charge in [0, 0.05) is 12.6 Å². The van der Waals surface area contributed by atoms with Crippen LogP contribution in [0.25, 0.3) is 0 Å². The first-order chi connectivity index (χ1) is 19.2. The van der Waals surface area contributed by atoms with Crippen molar-refractivity contribution in [1.82, 2.24) is 10.2 Å². The zero-order valence-electron chi connectivity index (χ0n) is 23.6. The molecule has 8 nitrogen and oxygen atoms in total. The number of ether oxygens (including phenoxy) is 1. The number of sulfonamides is 1. The topological polar surface area (TPSA) is 96.0 Å². The number of hydrogen-bond acceptors (Lipinski definition) is 5. The number of amides is 2. The van der Waals surface area contributed by atoms with Crippen molar-refractivity contribution in [1.29, 1.82) is 0 Å². The summed E-state index contributed by atoms with van der Waals surface area (Å²) < 4.78 is 34.4. The van der Waals surface area contributed by atoms with E-state index in [1.54, 1.807) is 42.5 Å². The maximum Gasteiger partial charge on any atom is 0.264 e. The van der Waals surface area contributed by atoms with Crippen molar-refractivity contribution >= 4 is 27.5 Å². The third kappa shape index (κ3) is 7.85. The van der Waals surface area contributed by atoms with Gasteiger partial charge in [-0.15, -0.1) is 0 Å². The van der Waals surface area contributed by atoms with Crippen LogP contribution < -0.4 is 14.4 Å². The average Bonchev–Trinajstić information content (AvgIpc) is 2.97. The molecule has 1 N–H and O–H groups in total. The molecule has 0 heterocycles. The number of anilines is 1. The van der Waals surface area contributed by atoms with E-state index in [-0.39, 0.29) is 23.4 Å². The van der Waals surface area contributed by atoms with Crippen LogP contribution in [-0.4, -0.2) is 50.4 Å². The van der Waals surface area contributed by atoms with Crippen molar-refractivity contribution < 1.29 is 22.7 Å². The van der Waals surface area contributed by atoms with Gasteiger partial charge in [0.25, 0.3) is 10.0 Å². The van der Waals surface area contributed by atoms with Crippen molar-refractivity contribution in [3.8, 4) is 5.75 Å². The van der Waals surface area contributed by atoms with Crippen LogP contribution >= 0.6 is 0 Å². The van der Waals surface area contributed by atoms with E-state index in [0.29, 0.717) is 24.5 Å². The van der Waals surface area contributed by atoms with Gasteiger partial charge in [-0.1, -0.05) is 62.4 Å². The van der Waals surface area contributed by atoms with Crippen LogP contribution in [0.3, 0.4) is 0 Å². The molecule has 0 saturated carbocycles. The SMILES string of the molecule is CCOc1ccc(S(=O)(=O)N(CC(=O)N(Cc2ccccc2)C(CC)C(=O)NC(C)CC)c2ccccc2)cc1. The Hall–Kier alpha value is -3.85. The van der Waals surface area contributed by atoms with E-state index in [9.17, 15) is 18.0 Å². The molecule has 2 atom stereocenters. The molecule has 3 rings (SSSR count). The molecule has 0 aromatic heterocycles. The highest BCUT2D eigenvalue weighted by Crippen LogP contribution is 2.26.